The van der Waals surface area contributed by atoms with Crippen molar-refractivity contribution in [1.29, 1.82) is 0 Å². The molecule has 1 saturated carbocycles. The number of fused-ring (bicyclic) bond motifs is 1. The fourth-order valence-corrected chi connectivity index (χ4v) is 3.30. The van der Waals surface area contributed by atoms with Crippen LogP contribution < -0.4 is 4.74 Å². The Bertz CT molecular complexity index is 766. The lowest BCUT2D eigenvalue weighted by Gasteiger charge is -2.18. The zero-order valence-corrected chi connectivity index (χ0v) is 19.6. The van der Waals surface area contributed by atoms with Crippen LogP contribution >= 0.6 is 0 Å². The van der Waals surface area contributed by atoms with Gasteiger partial charge in [-0.3, -0.25) is 4.79 Å². The molecule has 1 amide bonds. The molecular weight excluding hydrogens is 378 g/mol. The topological polar surface area (TPSA) is 75.6 Å². The Morgan fingerprint density at radius 3 is 2.33 bits per heavy atom. The lowest BCUT2D eigenvalue weighted by molar-refractivity contribution is -0.130. The number of ether oxygens (including phenoxy) is 1. The molecule has 0 radical (unpaired) electrons. The second kappa shape index (κ2) is 13.9. The molecule has 1 heterocycles. The number of amides is 1. The largest absolute Gasteiger partial charge is 0.481 e. The van der Waals surface area contributed by atoms with Crippen molar-refractivity contribution < 1.29 is 14.6 Å². The Morgan fingerprint density at radius 1 is 1.17 bits per heavy atom. The summed E-state index contributed by atoms with van der Waals surface area (Å²) in [5, 5.41) is 8.48. The quantitative estimate of drug-likeness (QED) is 0.781. The monoisotopic (exact) mass is 417 g/mol. The number of carbonyl (C=O) groups is 1. The fraction of sp³-hybridized carbons (Fsp3) is 0.625. The molecule has 3 rings (SSSR count). The van der Waals surface area contributed by atoms with Crippen LogP contribution in [0.3, 0.4) is 0 Å². The van der Waals surface area contributed by atoms with Gasteiger partial charge in [-0.2, -0.15) is 0 Å². The smallest absolute Gasteiger partial charge is 0.259 e. The number of aliphatic hydroxyl groups excluding tert-OH is 1. The highest BCUT2D eigenvalue weighted by atomic mass is 16.5. The molecule has 0 atom stereocenters. The maximum Gasteiger partial charge on any atom is 0.259 e. The summed E-state index contributed by atoms with van der Waals surface area (Å²) in [6.07, 6.45) is 10.7. The van der Waals surface area contributed by atoms with Gasteiger partial charge in [-0.15, -0.1) is 0 Å². The van der Waals surface area contributed by atoms with Gasteiger partial charge in [0.25, 0.3) is 5.91 Å². The third-order valence-corrected chi connectivity index (χ3v) is 5.16. The van der Waals surface area contributed by atoms with Crippen LogP contribution in [-0.4, -0.2) is 53.2 Å². The van der Waals surface area contributed by atoms with E-state index in [0.29, 0.717) is 11.6 Å². The van der Waals surface area contributed by atoms with Crippen molar-refractivity contribution >= 4 is 16.8 Å². The van der Waals surface area contributed by atoms with Crippen molar-refractivity contribution in [2.24, 2.45) is 5.92 Å². The first-order valence-electron chi connectivity index (χ1n) is 11.0. The molecule has 168 valence electrons. The summed E-state index contributed by atoms with van der Waals surface area (Å²) >= 11 is 0. The average molecular weight is 418 g/mol. The third-order valence-electron chi connectivity index (χ3n) is 5.16. The molecule has 1 N–H and O–H groups in total. The highest BCUT2D eigenvalue weighted by molar-refractivity contribution is 5.86. The lowest BCUT2D eigenvalue weighted by Crippen LogP contribution is -2.27. The van der Waals surface area contributed by atoms with Gasteiger partial charge in [0.1, 0.15) is 17.1 Å². The minimum Gasteiger partial charge on any atom is -0.481 e. The molecule has 0 unspecified atom stereocenters. The van der Waals surface area contributed by atoms with Gasteiger partial charge in [-0.1, -0.05) is 57.6 Å². The molecule has 6 heteroatoms. The first kappa shape index (κ1) is 25.8. The SMILES string of the molecule is CCC1CCCCC1.CCO.Cc1ncc2ccc(C)c(OCC(=O)N(C)C)c2n1. The Morgan fingerprint density at radius 2 is 1.80 bits per heavy atom. The number of aliphatic hydroxyl groups is 1. The maximum absolute atomic E-state index is 11.6. The zero-order valence-electron chi connectivity index (χ0n) is 19.6. The van der Waals surface area contributed by atoms with Crippen LogP contribution in [0.15, 0.2) is 18.3 Å². The maximum atomic E-state index is 11.6. The molecule has 1 fully saturated rings. The zero-order chi connectivity index (χ0) is 22.5. The average Bonchev–Trinajstić information content (AvgIpc) is 2.74. The van der Waals surface area contributed by atoms with Crippen LogP contribution in [0.4, 0.5) is 0 Å². The van der Waals surface area contributed by atoms with Gasteiger partial charge < -0.3 is 14.7 Å². The van der Waals surface area contributed by atoms with Gasteiger partial charge in [-0.25, -0.2) is 9.97 Å². The van der Waals surface area contributed by atoms with Crippen molar-refractivity contribution in [2.45, 2.75) is 66.2 Å². The predicted octanol–water partition coefficient (Wildman–Crippen LogP) is 4.69. The van der Waals surface area contributed by atoms with E-state index in [-0.39, 0.29) is 19.1 Å². The van der Waals surface area contributed by atoms with Crippen molar-refractivity contribution in [3.63, 3.8) is 0 Å². The molecule has 1 aliphatic carbocycles. The van der Waals surface area contributed by atoms with Crippen molar-refractivity contribution in [2.75, 3.05) is 27.3 Å². The Balaban J connectivity index is 0.000000338. The van der Waals surface area contributed by atoms with Gasteiger partial charge in [0, 0.05) is 32.3 Å². The molecule has 30 heavy (non-hydrogen) atoms. The minimum atomic E-state index is -0.0813. The summed E-state index contributed by atoms with van der Waals surface area (Å²) in [4.78, 5) is 21.7. The molecule has 6 nitrogen and oxygen atoms in total. The van der Waals surface area contributed by atoms with Crippen LogP contribution in [0.2, 0.25) is 0 Å². The summed E-state index contributed by atoms with van der Waals surface area (Å²) in [7, 11) is 3.40. The number of benzene rings is 1. The van der Waals surface area contributed by atoms with E-state index < -0.39 is 0 Å². The van der Waals surface area contributed by atoms with E-state index in [2.05, 4.69) is 16.9 Å². The molecule has 0 bridgehead atoms. The third kappa shape index (κ3) is 8.66. The van der Waals surface area contributed by atoms with E-state index in [9.17, 15) is 4.79 Å². The molecule has 2 aromatic rings. The van der Waals surface area contributed by atoms with Gasteiger partial charge in [-0.05, 0) is 32.3 Å². The fourth-order valence-electron chi connectivity index (χ4n) is 3.30. The van der Waals surface area contributed by atoms with Crippen LogP contribution in [0.25, 0.3) is 10.9 Å². The van der Waals surface area contributed by atoms with E-state index in [1.165, 1.54) is 43.4 Å². The molecule has 0 aliphatic heterocycles. The van der Waals surface area contributed by atoms with E-state index in [1.807, 2.05) is 26.0 Å². The number of hydrogen-bond donors (Lipinski definition) is 1. The number of aromatic nitrogens is 2. The van der Waals surface area contributed by atoms with E-state index in [4.69, 9.17) is 9.84 Å². The standard InChI is InChI=1S/C14H17N3O2.C8H16.C2H6O/c1-9-5-6-11-7-15-10(2)16-13(11)14(9)19-8-12(18)17(3)4;1-2-8-6-4-3-5-7-8;1-2-3/h5-7H,8H2,1-4H3;8H,2-7H2,1H3;3H,2H2,1H3. The van der Waals surface area contributed by atoms with E-state index >= 15 is 0 Å². The summed E-state index contributed by atoms with van der Waals surface area (Å²) in [6, 6.07) is 3.89. The van der Waals surface area contributed by atoms with Crippen LogP contribution in [0.5, 0.6) is 5.75 Å². The van der Waals surface area contributed by atoms with E-state index in [1.54, 1.807) is 27.2 Å². The number of nitrogens with zero attached hydrogens (tertiary/aromatic N) is 3. The molecule has 0 spiro atoms. The Labute approximate surface area is 181 Å². The van der Waals surface area contributed by atoms with Gasteiger partial charge in [0.15, 0.2) is 6.61 Å². The molecule has 1 aromatic carbocycles. The predicted molar refractivity (Wildman–Crippen MR) is 123 cm³/mol. The van der Waals surface area contributed by atoms with Gasteiger partial charge >= 0.3 is 0 Å². The number of likely N-dealkylation sites (N-methyl/N-ethyl adjacent to an activating group) is 1. The second-order valence-corrected chi connectivity index (χ2v) is 7.87. The van der Waals surface area contributed by atoms with Crippen LogP contribution in [0.1, 0.15) is 63.8 Å². The van der Waals surface area contributed by atoms with Crippen LogP contribution in [0, 0.1) is 19.8 Å². The number of rotatable bonds is 4. The normalized spacial score (nSPS) is 13.6. The number of hydrogen-bond acceptors (Lipinski definition) is 5. The molecule has 1 aliphatic rings. The van der Waals surface area contributed by atoms with Crippen molar-refractivity contribution in [3.8, 4) is 5.75 Å². The van der Waals surface area contributed by atoms with Gasteiger partial charge in [0.2, 0.25) is 0 Å². The highest BCUT2D eigenvalue weighted by Gasteiger charge is 2.12. The van der Waals surface area contributed by atoms with Crippen molar-refractivity contribution in [3.05, 3.63) is 29.7 Å². The Hall–Kier alpha value is -2.21. The molecular formula is C24H39N3O3. The number of aryl methyl sites for hydroxylation is 2. The van der Waals surface area contributed by atoms with Crippen LogP contribution in [-0.2, 0) is 4.79 Å². The van der Waals surface area contributed by atoms with Crippen molar-refractivity contribution in [1.82, 2.24) is 14.9 Å². The lowest BCUT2D eigenvalue weighted by atomic mass is 9.88. The summed E-state index contributed by atoms with van der Waals surface area (Å²) in [5.74, 6) is 2.34. The summed E-state index contributed by atoms with van der Waals surface area (Å²) in [5.41, 5.74) is 1.70. The second-order valence-electron chi connectivity index (χ2n) is 7.87. The highest BCUT2D eigenvalue weighted by Crippen LogP contribution is 2.27. The molecule has 0 saturated heterocycles. The summed E-state index contributed by atoms with van der Waals surface area (Å²) < 4.78 is 5.65. The summed E-state index contributed by atoms with van der Waals surface area (Å²) in [6.45, 7) is 8.02. The first-order valence-corrected chi connectivity index (χ1v) is 11.0. The number of carbonyl (C=O) groups excluding carboxylic acids is 1. The minimum absolute atomic E-state index is 0.00992. The van der Waals surface area contributed by atoms with Gasteiger partial charge in [0.05, 0.1) is 0 Å². The first-order chi connectivity index (χ1) is 14.3. The molecule has 1 aromatic heterocycles. The van der Waals surface area contributed by atoms with E-state index in [0.717, 1.165) is 22.4 Å². The Kier molecular flexibility index (Phi) is 12.0.